The van der Waals surface area contributed by atoms with E-state index in [1.807, 2.05) is 6.07 Å². The molecule has 1 aromatic heterocycles. The van der Waals surface area contributed by atoms with Gasteiger partial charge in [-0.3, -0.25) is 4.79 Å². The van der Waals surface area contributed by atoms with Gasteiger partial charge >= 0.3 is 0 Å². The van der Waals surface area contributed by atoms with E-state index in [0.717, 1.165) is 47.5 Å². The number of amides is 1. The Bertz CT molecular complexity index is 812. The molecule has 3 rings (SSSR count). The van der Waals surface area contributed by atoms with Gasteiger partial charge in [-0.1, -0.05) is 42.8 Å². The van der Waals surface area contributed by atoms with Gasteiger partial charge in [0.05, 0.1) is 22.0 Å². The van der Waals surface area contributed by atoms with Crippen LogP contribution in [-0.2, 0) is 11.4 Å². The molecular formula is C25H35NO2S. The second-order valence-electron chi connectivity index (χ2n) is 9.60. The number of thiophene rings is 1. The van der Waals surface area contributed by atoms with E-state index in [9.17, 15) is 9.90 Å². The number of allylic oxidation sites excluding steroid dienone is 2. The van der Waals surface area contributed by atoms with E-state index in [4.69, 9.17) is 0 Å². The molecule has 29 heavy (non-hydrogen) atoms. The van der Waals surface area contributed by atoms with Crippen molar-refractivity contribution in [2.45, 2.75) is 91.7 Å². The third kappa shape index (κ3) is 5.74. The molecular weight excluding hydrogens is 378 g/mol. The van der Waals surface area contributed by atoms with Crippen LogP contribution in [0.25, 0.3) is 0 Å². The second-order valence-corrected chi connectivity index (χ2v) is 10.7. The van der Waals surface area contributed by atoms with Crippen LogP contribution >= 0.6 is 11.3 Å². The number of aliphatic hydroxyl groups is 1. The molecule has 3 nitrogen and oxygen atoms in total. The van der Waals surface area contributed by atoms with Gasteiger partial charge in [0.25, 0.3) is 0 Å². The summed E-state index contributed by atoms with van der Waals surface area (Å²) in [6, 6.07) is 2.29. The third-order valence-corrected chi connectivity index (χ3v) is 6.94. The largest absolute Gasteiger partial charge is 0.391 e. The van der Waals surface area contributed by atoms with Crippen molar-refractivity contribution < 1.29 is 9.90 Å². The summed E-state index contributed by atoms with van der Waals surface area (Å²) in [4.78, 5) is 17.5. The fraction of sp³-hybridized carbons (Fsp3) is 0.640. The lowest BCUT2D eigenvalue weighted by molar-refractivity contribution is -0.123. The van der Waals surface area contributed by atoms with Gasteiger partial charge in [0.15, 0.2) is 0 Å². The minimum absolute atomic E-state index is 0.0443. The van der Waals surface area contributed by atoms with Gasteiger partial charge < -0.3 is 10.0 Å². The summed E-state index contributed by atoms with van der Waals surface area (Å²) in [6.07, 6.45) is 10.7. The molecule has 0 aliphatic heterocycles. The van der Waals surface area contributed by atoms with Crippen LogP contribution in [0, 0.1) is 23.2 Å². The van der Waals surface area contributed by atoms with Gasteiger partial charge in [-0.05, 0) is 65.9 Å². The molecule has 0 aromatic carbocycles. The highest BCUT2D eigenvalue weighted by Gasteiger charge is 2.34. The predicted molar refractivity (Wildman–Crippen MR) is 122 cm³/mol. The van der Waals surface area contributed by atoms with Crippen molar-refractivity contribution in [1.29, 1.82) is 0 Å². The quantitative estimate of drug-likeness (QED) is 0.482. The molecule has 0 spiro atoms. The number of hydrogen-bond donors (Lipinski definition) is 1. The lowest BCUT2D eigenvalue weighted by Crippen LogP contribution is -2.45. The summed E-state index contributed by atoms with van der Waals surface area (Å²) in [7, 11) is 0. The zero-order valence-electron chi connectivity index (χ0n) is 18.4. The van der Waals surface area contributed by atoms with Crippen molar-refractivity contribution in [1.82, 2.24) is 0 Å². The molecule has 1 heterocycles. The smallest absolute Gasteiger partial charge is 0.230 e. The maximum absolute atomic E-state index is 13.7. The van der Waals surface area contributed by atoms with E-state index < -0.39 is 0 Å². The molecule has 1 aromatic rings. The lowest BCUT2D eigenvalue weighted by atomic mass is 9.87. The van der Waals surface area contributed by atoms with Gasteiger partial charge in [0, 0.05) is 17.4 Å². The van der Waals surface area contributed by atoms with Gasteiger partial charge in [-0.25, -0.2) is 0 Å². The van der Waals surface area contributed by atoms with Crippen molar-refractivity contribution in [3.05, 3.63) is 27.5 Å². The molecule has 2 aliphatic carbocycles. The Hall–Kier alpha value is -1.57. The maximum atomic E-state index is 13.7. The van der Waals surface area contributed by atoms with Crippen molar-refractivity contribution in [2.75, 3.05) is 4.90 Å². The Kier molecular flexibility index (Phi) is 7.24. The van der Waals surface area contributed by atoms with E-state index in [1.165, 1.54) is 36.2 Å². The molecule has 0 radical (unpaired) electrons. The first-order valence-corrected chi connectivity index (χ1v) is 11.9. The molecule has 1 fully saturated rings. The fourth-order valence-electron chi connectivity index (χ4n) is 4.27. The van der Waals surface area contributed by atoms with Crippen LogP contribution in [0.3, 0.4) is 0 Å². The zero-order chi connectivity index (χ0) is 21.0. The first-order valence-electron chi connectivity index (χ1n) is 11.0. The third-order valence-electron chi connectivity index (χ3n) is 5.91. The van der Waals surface area contributed by atoms with Crippen molar-refractivity contribution in [3.63, 3.8) is 0 Å². The van der Waals surface area contributed by atoms with E-state index in [0.29, 0.717) is 0 Å². The van der Waals surface area contributed by atoms with Crippen molar-refractivity contribution in [2.24, 2.45) is 11.3 Å². The highest BCUT2D eigenvalue weighted by Crippen LogP contribution is 2.37. The van der Waals surface area contributed by atoms with Gasteiger partial charge in [0.1, 0.15) is 0 Å². The number of anilines is 1. The molecule has 0 saturated heterocycles. The average molecular weight is 414 g/mol. The average Bonchev–Trinajstić information content (AvgIpc) is 3.10. The zero-order valence-corrected chi connectivity index (χ0v) is 19.2. The van der Waals surface area contributed by atoms with Crippen LogP contribution in [-0.4, -0.2) is 17.1 Å². The first-order chi connectivity index (χ1) is 13.8. The normalized spacial score (nSPS) is 20.6. The van der Waals surface area contributed by atoms with E-state index in [1.54, 1.807) is 0 Å². The number of hydrogen-bond acceptors (Lipinski definition) is 3. The van der Waals surface area contributed by atoms with E-state index in [-0.39, 0.29) is 29.9 Å². The van der Waals surface area contributed by atoms with Crippen molar-refractivity contribution in [3.8, 4) is 11.8 Å². The number of nitrogens with zero attached hydrogens (tertiary/aromatic N) is 1. The molecule has 158 valence electrons. The van der Waals surface area contributed by atoms with Crippen LogP contribution in [0.5, 0.6) is 0 Å². The lowest BCUT2D eigenvalue weighted by Gasteiger charge is -2.37. The SMILES string of the molecule is CC1=CCC(C(=O)N(c2cc(C#CC(C)(C)C)sc2CO)C2CCCCC2)CC1. The molecule has 1 N–H and O–H groups in total. The van der Waals surface area contributed by atoms with Crippen molar-refractivity contribution >= 4 is 22.9 Å². The number of carbonyl (C=O) groups is 1. The second kappa shape index (κ2) is 9.49. The standard InChI is InChI=1S/C25H35NO2S/c1-18-10-12-19(13-11-18)24(28)26(20-8-6-5-7-9-20)22-16-21(29-23(22)17-27)14-15-25(2,3)4/h10,16,19-20,27H,5-9,11-13,17H2,1-4H3. The van der Waals surface area contributed by atoms with Crippen LogP contribution in [0.1, 0.15) is 88.8 Å². The number of carbonyl (C=O) groups excluding carboxylic acids is 1. The highest BCUT2D eigenvalue weighted by molar-refractivity contribution is 7.13. The highest BCUT2D eigenvalue weighted by atomic mass is 32.1. The minimum Gasteiger partial charge on any atom is -0.391 e. The summed E-state index contributed by atoms with van der Waals surface area (Å²) in [5.41, 5.74) is 2.22. The fourth-order valence-corrected chi connectivity index (χ4v) is 5.13. The molecule has 2 aliphatic rings. The predicted octanol–water partition coefficient (Wildman–Crippen LogP) is 6.05. The summed E-state index contributed by atoms with van der Waals surface area (Å²) in [5.74, 6) is 6.85. The van der Waals surface area contributed by atoms with Gasteiger partial charge in [-0.2, -0.15) is 0 Å². The molecule has 1 saturated carbocycles. The summed E-state index contributed by atoms with van der Waals surface area (Å²) in [6.45, 7) is 8.40. The monoisotopic (exact) mass is 413 g/mol. The van der Waals surface area contributed by atoms with Gasteiger partial charge in [0.2, 0.25) is 5.91 Å². The van der Waals surface area contributed by atoms with Crippen LogP contribution in [0.15, 0.2) is 17.7 Å². The topological polar surface area (TPSA) is 40.5 Å². The molecule has 0 bridgehead atoms. The summed E-state index contributed by atoms with van der Waals surface area (Å²) < 4.78 is 0. The first kappa shape index (κ1) is 22.1. The molecule has 1 unspecified atom stereocenters. The number of aliphatic hydroxyl groups excluding tert-OH is 1. The number of rotatable bonds is 4. The molecule has 4 heteroatoms. The van der Waals surface area contributed by atoms with Gasteiger partial charge in [-0.15, -0.1) is 11.3 Å². The van der Waals surface area contributed by atoms with E-state index >= 15 is 0 Å². The van der Waals surface area contributed by atoms with Crippen LogP contribution < -0.4 is 4.90 Å². The Morgan fingerprint density at radius 1 is 1.24 bits per heavy atom. The maximum Gasteiger partial charge on any atom is 0.230 e. The van der Waals surface area contributed by atoms with Crippen LogP contribution in [0.2, 0.25) is 0 Å². The van der Waals surface area contributed by atoms with E-state index in [2.05, 4.69) is 50.5 Å². The van der Waals surface area contributed by atoms with Crippen LogP contribution in [0.4, 0.5) is 5.69 Å². The molecule has 1 atom stereocenters. The summed E-state index contributed by atoms with van der Waals surface area (Å²) >= 11 is 1.53. The minimum atomic E-state index is -0.0747. The Morgan fingerprint density at radius 2 is 1.97 bits per heavy atom. The Labute approximate surface area is 180 Å². The Balaban J connectivity index is 1.96. The molecule has 1 amide bonds. The summed E-state index contributed by atoms with van der Waals surface area (Å²) in [5, 5.41) is 10.0. The Morgan fingerprint density at radius 3 is 2.55 bits per heavy atom.